The number of rotatable bonds is 3. The number of barbiturate groups is 1. The van der Waals surface area contributed by atoms with Gasteiger partial charge in [-0.15, -0.1) is 0 Å². The molecule has 4 amide bonds. The van der Waals surface area contributed by atoms with E-state index in [1.165, 1.54) is 49.6 Å². The van der Waals surface area contributed by atoms with E-state index in [2.05, 4.69) is 21.2 Å². The minimum Gasteiger partial charge on any atom is -0.507 e. The molecule has 9 heteroatoms. The number of urea groups is 1. The first-order valence-electron chi connectivity index (χ1n) is 7.55. The number of hydrogen-bond donors (Lipinski definition) is 2. The topological polar surface area (TPSA) is 95.9 Å². The molecule has 7 nitrogen and oxygen atoms in total. The molecule has 27 heavy (non-hydrogen) atoms. The Kier molecular flexibility index (Phi) is 5.20. The van der Waals surface area contributed by atoms with Crippen molar-refractivity contribution in [3.63, 3.8) is 0 Å². The molecule has 0 aliphatic carbocycles. The first-order valence-corrected chi connectivity index (χ1v) is 8.72. The van der Waals surface area contributed by atoms with Gasteiger partial charge in [-0.2, -0.15) is 0 Å². The van der Waals surface area contributed by atoms with Crippen molar-refractivity contribution >= 4 is 57.1 Å². The van der Waals surface area contributed by atoms with E-state index < -0.39 is 17.8 Å². The van der Waals surface area contributed by atoms with Crippen molar-refractivity contribution in [2.45, 2.75) is 0 Å². The number of phenolic OH excluding ortho intramolecular Hbond substituents is 1. The van der Waals surface area contributed by atoms with Crippen LogP contribution in [-0.2, 0) is 9.59 Å². The summed E-state index contributed by atoms with van der Waals surface area (Å²) in [6, 6.07) is 7.97. The van der Waals surface area contributed by atoms with Crippen molar-refractivity contribution < 1.29 is 24.2 Å². The molecule has 1 saturated heterocycles. The summed E-state index contributed by atoms with van der Waals surface area (Å²) < 4.78 is 5.45. The second-order valence-corrected chi connectivity index (χ2v) is 6.75. The zero-order chi connectivity index (χ0) is 19.7. The van der Waals surface area contributed by atoms with Gasteiger partial charge in [-0.1, -0.05) is 17.7 Å². The fraction of sp³-hybridized carbons (Fsp3) is 0.0556. The van der Waals surface area contributed by atoms with E-state index in [4.69, 9.17) is 16.3 Å². The largest absolute Gasteiger partial charge is 0.507 e. The third-order valence-corrected chi connectivity index (χ3v) is 4.71. The van der Waals surface area contributed by atoms with E-state index in [1.54, 1.807) is 0 Å². The first kappa shape index (κ1) is 18.9. The summed E-state index contributed by atoms with van der Waals surface area (Å²) >= 11 is 9.23. The summed E-state index contributed by atoms with van der Waals surface area (Å²) in [5.41, 5.74) is 0.438. The van der Waals surface area contributed by atoms with Crippen LogP contribution in [0.15, 0.2) is 46.4 Å². The first-order chi connectivity index (χ1) is 12.8. The van der Waals surface area contributed by atoms with Crippen LogP contribution in [0.1, 0.15) is 5.56 Å². The number of nitrogens with zero attached hydrogens (tertiary/aromatic N) is 1. The van der Waals surface area contributed by atoms with E-state index in [1.807, 2.05) is 0 Å². The predicted molar refractivity (Wildman–Crippen MR) is 103 cm³/mol. The summed E-state index contributed by atoms with van der Waals surface area (Å²) in [6.45, 7) is 0. The van der Waals surface area contributed by atoms with Gasteiger partial charge in [0.05, 0.1) is 22.3 Å². The van der Waals surface area contributed by atoms with Gasteiger partial charge in [0.15, 0.2) is 0 Å². The molecule has 2 N–H and O–H groups in total. The maximum Gasteiger partial charge on any atom is 0.335 e. The van der Waals surface area contributed by atoms with Gasteiger partial charge in [0, 0.05) is 0 Å². The molecule has 0 radical (unpaired) electrons. The molecule has 2 aromatic rings. The SMILES string of the molecule is COc1ccc(N2C(=O)NC(=O)/C(=C/c3ccc(O)c(Br)c3)C2=O)cc1Cl. The number of ether oxygens (including phenoxy) is 1. The number of hydrogen-bond acceptors (Lipinski definition) is 5. The maximum absolute atomic E-state index is 12.8. The van der Waals surface area contributed by atoms with Crippen molar-refractivity contribution in [1.29, 1.82) is 0 Å². The number of carbonyl (C=O) groups excluding carboxylic acids is 3. The van der Waals surface area contributed by atoms with Gasteiger partial charge in [0.1, 0.15) is 17.1 Å². The highest BCUT2D eigenvalue weighted by molar-refractivity contribution is 9.10. The van der Waals surface area contributed by atoms with Crippen LogP contribution in [0.3, 0.4) is 0 Å². The van der Waals surface area contributed by atoms with Crippen molar-refractivity contribution in [2.24, 2.45) is 0 Å². The zero-order valence-corrected chi connectivity index (χ0v) is 16.2. The third kappa shape index (κ3) is 3.67. The summed E-state index contributed by atoms with van der Waals surface area (Å²) in [6.07, 6.45) is 1.33. The van der Waals surface area contributed by atoms with Crippen molar-refractivity contribution in [1.82, 2.24) is 5.32 Å². The Balaban J connectivity index is 2.02. The van der Waals surface area contributed by atoms with Gasteiger partial charge >= 0.3 is 6.03 Å². The van der Waals surface area contributed by atoms with Gasteiger partial charge in [-0.25, -0.2) is 9.69 Å². The highest BCUT2D eigenvalue weighted by Gasteiger charge is 2.37. The highest BCUT2D eigenvalue weighted by Crippen LogP contribution is 2.31. The monoisotopic (exact) mass is 450 g/mol. The molecule has 0 atom stereocenters. The minimum atomic E-state index is -0.879. The molecule has 1 fully saturated rings. The van der Waals surface area contributed by atoms with Crippen LogP contribution in [-0.4, -0.2) is 30.1 Å². The second-order valence-electron chi connectivity index (χ2n) is 5.49. The molecular weight excluding hydrogens is 440 g/mol. The Morgan fingerprint density at radius 2 is 1.93 bits per heavy atom. The summed E-state index contributed by atoms with van der Waals surface area (Å²) in [5, 5.41) is 11.9. The van der Waals surface area contributed by atoms with Crippen LogP contribution in [0.5, 0.6) is 11.5 Å². The van der Waals surface area contributed by atoms with Crippen molar-refractivity contribution in [3.8, 4) is 11.5 Å². The molecular formula is C18H12BrClN2O5. The molecule has 1 aliphatic rings. The van der Waals surface area contributed by atoms with Crippen molar-refractivity contribution in [3.05, 3.63) is 57.0 Å². The number of methoxy groups -OCH3 is 1. The number of benzene rings is 2. The smallest absolute Gasteiger partial charge is 0.335 e. The van der Waals surface area contributed by atoms with Crippen LogP contribution < -0.4 is 15.0 Å². The molecule has 0 bridgehead atoms. The van der Waals surface area contributed by atoms with Crippen LogP contribution in [0.2, 0.25) is 5.02 Å². The summed E-state index contributed by atoms with van der Waals surface area (Å²) in [4.78, 5) is 38.0. The number of imide groups is 2. The number of halogens is 2. The fourth-order valence-electron chi connectivity index (χ4n) is 2.47. The maximum atomic E-state index is 12.8. The summed E-state index contributed by atoms with van der Waals surface area (Å²) in [7, 11) is 1.44. The number of aromatic hydroxyl groups is 1. The number of nitrogens with one attached hydrogen (secondary N) is 1. The quantitative estimate of drug-likeness (QED) is 0.550. The Bertz CT molecular complexity index is 1010. The normalized spacial score (nSPS) is 15.9. The number of carbonyl (C=O) groups is 3. The van der Waals surface area contributed by atoms with Gasteiger partial charge in [-0.3, -0.25) is 14.9 Å². The lowest BCUT2D eigenvalue weighted by Crippen LogP contribution is -2.54. The lowest BCUT2D eigenvalue weighted by Gasteiger charge is -2.26. The van der Waals surface area contributed by atoms with Crippen LogP contribution in [0, 0.1) is 0 Å². The lowest BCUT2D eigenvalue weighted by atomic mass is 10.1. The zero-order valence-electron chi connectivity index (χ0n) is 13.8. The molecule has 0 unspecified atom stereocenters. The molecule has 0 spiro atoms. The minimum absolute atomic E-state index is 0.0150. The average Bonchev–Trinajstić information content (AvgIpc) is 2.61. The third-order valence-electron chi connectivity index (χ3n) is 3.78. The van der Waals surface area contributed by atoms with Crippen LogP contribution >= 0.6 is 27.5 Å². The van der Waals surface area contributed by atoms with Crippen LogP contribution in [0.25, 0.3) is 6.08 Å². The van der Waals surface area contributed by atoms with E-state index in [0.29, 0.717) is 15.8 Å². The Labute approximate surface area is 167 Å². The molecule has 138 valence electrons. The van der Waals surface area contributed by atoms with Gasteiger partial charge < -0.3 is 9.84 Å². The molecule has 0 aromatic heterocycles. The lowest BCUT2D eigenvalue weighted by molar-refractivity contribution is -0.122. The molecule has 1 aliphatic heterocycles. The highest BCUT2D eigenvalue weighted by atomic mass is 79.9. The van der Waals surface area contributed by atoms with E-state index >= 15 is 0 Å². The van der Waals surface area contributed by atoms with E-state index in [-0.39, 0.29) is 22.0 Å². The van der Waals surface area contributed by atoms with Gasteiger partial charge in [0.2, 0.25) is 0 Å². The van der Waals surface area contributed by atoms with E-state index in [9.17, 15) is 19.5 Å². The predicted octanol–water partition coefficient (Wildman–Crippen LogP) is 3.48. The number of phenols is 1. The van der Waals surface area contributed by atoms with Crippen LogP contribution in [0.4, 0.5) is 10.5 Å². The molecule has 1 heterocycles. The molecule has 0 saturated carbocycles. The second kappa shape index (κ2) is 7.42. The molecule has 3 rings (SSSR count). The van der Waals surface area contributed by atoms with Gasteiger partial charge in [-0.05, 0) is 57.9 Å². The fourth-order valence-corrected chi connectivity index (χ4v) is 3.11. The Morgan fingerprint density at radius 3 is 2.56 bits per heavy atom. The van der Waals surface area contributed by atoms with Gasteiger partial charge in [0.25, 0.3) is 11.8 Å². The Morgan fingerprint density at radius 1 is 1.19 bits per heavy atom. The van der Waals surface area contributed by atoms with E-state index in [0.717, 1.165) is 4.90 Å². The van der Waals surface area contributed by atoms with Crippen molar-refractivity contribution in [2.75, 3.05) is 12.0 Å². The average molecular weight is 452 g/mol. The summed E-state index contributed by atoms with van der Waals surface area (Å²) in [5.74, 6) is -1.22. The number of amides is 4. The molecule has 2 aromatic carbocycles. The standard InChI is InChI=1S/C18H12BrClN2O5/c1-27-15-5-3-10(8-13(15)20)22-17(25)11(16(24)21-18(22)26)6-9-2-4-14(23)12(19)7-9/h2-8,23H,1H3,(H,21,24,26)/b11-6-. The number of anilines is 1. The Hall–Kier alpha value is -2.84.